The smallest absolute Gasteiger partial charge is 0.0406 e. The fourth-order valence-corrected chi connectivity index (χ4v) is 1.67. The van der Waals surface area contributed by atoms with Gasteiger partial charge in [0.1, 0.15) is 0 Å². The summed E-state index contributed by atoms with van der Waals surface area (Å²) >= 11 is 5.83. The van der Waals surface area contributed by atoms with Crippen molar-refractivity contribution >= 4 is 22.6 Å². The summed E-state index contributed by atoms with van der Waals surface area (Å²) in [6.45, 7) is 0. The van der Waals surface area contributed by atoms with Crippen molar-refractivity contribution in [1.82, 2.24) is 15.0 Å². The van der Waals surface area contributed by atoms with E-state index in [1.807, 2.05) is 30.3 Å². The van der Waals surface area contributed by atoms with Crippen LogP contribution in [0.15, 0.2) is 42.7 Å². The molecular weight excluding hydrogens is 222 g/mol. The summed E-state index contributed by atoms with van der Waals surface area (Å²) in [6.07, 6.45) is 3.42. The molecule has 0 atom stereocenters. The molecule has 0 fully saturated rings. The number of halogens is 1. The quantitative estimate of drug-likeness (QED) is 0.643. The molecule has 0 aliphatic heterocycles. The molecule has 0 saturated carbocycles. The van der Waals surface area contributed by atoms with E-state index in [0.717, 1.165) is 16.6 Å². The van der Waals surface area contributed by atoms with Crippen LogP contribution in [0.5, 0.6) is 0 Å². The van der Waals surface area contributed by atoms with Crippen molar-refractivity contribution in [2.45, 2.75) is 0 Å². The Labute approximate surface area is 97.1 Å². The first-order chi connectivity index (χ1) is 7.83. The molecular formula is C12H7ClN3-. The number of imidazole rings is 1. The zero-order valence-corrected chi connectivity index (χ0v) is 9.02. The molecule has 2 aromatic heterocycles. The van der Waals surface area contributed by atoms with Crippen molar-refractivity contribution in [3.63, 3.8) is 0 Å². The summed E-state index contributed by atoms with van der Waals surface area (Å²) in [6, 6.07) is 9.32. The number of benzene rings is 1. The predicted octanol–water partition coefficient (Wildman–Crippen LogP) is 2.91. The maximum absolute atomic E-state index is 5.83. The molecule has 78 valence electrons. The lowest BCUT2D eigenvalue weighted by molar-refractivity contribution is 1.31. The van der Waals surface area contributed by atoms with Crippen LogP contribution in [0.1, 0.15) is 0 Å². The molecule has 2 heterocycles. The SMILES string of the molecule is Clc1ccc(-c2nc3cnccc3[n-]2)cc1. The molecule has 16 heavy (non-hydrogen) atoms. The molecule has 0 radical (unpaired) electrons. The highest BCUT2D eigenvalue weighted by atomic mass is 35.5. The molecule has 0 aliphatic carbocycles. The molecule has 0 N–H and O–H groups in total. The van der Waals surface area contributed by atoms with E-state index in [9.17, 15) is 0 Å². The molecule has 0 spiro atoms. The lowest BCUT2D eigenvalue weighted by Crippen LogP contribution is -1.80. The van der Waals surface area contributed by atoms with Gasteiger partial charge in [-0.25, -0.2) is 0 Å². The molecule has 1 aromatic carbocycles. The molecule has 0 aliphatic rings. The van der Waals surface area contributed by atoms with Crippen LogP contribution < -0.4 is 4.98 Å². The van der Waals surface area contributed by atoms with Gasteiger partial charge in [0.25, 0.3) is 0 Å². The van der Waals surface area contributed by atoms with Crippen LogP contribution in [0.25, 0.3) is 22.4 Å². The average molecular weight is 229 g/mol. The van der Waals surface area contributed by atoms with E-state index in [4.69, 9.17) is 11.6 Å². The van der Waals surface area contributed by atoms with Gasteiger partial charge < -0.3 is 9.97 Å². The van der Waals surface area contributed by atoms with Gasteiger partial charge in [0, 0.05) is 17.4 Å². The summed E-state index contributed by atoms with van der Waals surface area (Å²) in [5.74, 6) is 0.708. The average Bonchev–Trinajstić information content (AvgIpc) is 2.73. The second-order valence-electron chi connectivity index (χ2n) is 3.42. The molecule has 0 bridgehead atoms. The first-order valence-electron chi connectivity index (χ1n) is 4.83. The molecule has 3 rings (SSSR count). The highest BCUT2D eigenvalue weighted by Crippen LogP contribution is 2.20. The van der Waals surface area contributed by atoms with E-state index in [0.29, 0.717) is 10.8 Å². The normalized spacial score (nSPS) is 10.8. The van der Waals surface area contributed by atoms with Gasteiger partial charge in [-0.1, -0.05) is 29.6 Å². The van der Waals surface area contributed by atoms with Gasteiger partial charge >= 0.3 is 0 Å². The Morgan fingerprint density at radius 3 is 2.62 bits per heavy atom. The third-order valence-electron chi connectivity index (χ3n) is 2.33. The monoisotopic (exact) mass is 228 g/mol. The maximum atomic E-state index is 5.83. The molecule has 0 amide bonds. The highest BCUT2D eigenvalue weighted by molar-refractivity contribution is 6.30. The number of hydrogen-bond acceptors (Lipinski definition) is 2. The van der Waals surface area contributed by atoms with Gasteiger partial charge in [0.2, 0.25) is 0 Å². The largest absolute Gasteiger partial charge is 0.435 e. The summed E-state index contributed by atoms with van der Waals surface area (Å²) in [4.78, 5) is 12.8. The van der Waals surface area contributed by atoms with Gasteiger partial charge in [-0.2, -0.15) is 0 Å². The summed E-state index contributed by atoms with van der Waals surface area (Å²) in [5.41, 5.74) is 2.63. The Bertz CT molecular complexity index is 595. The predicted molar refractivity (Wildman–Crippen MR) is 63.3 cm³/mol. The second kappa shape index (κ2) is 3.61. The lowest BCUT2D eigenvalue weighted by atomic mass is 10.2. The first-order valence-corrected chi connectivity index (χ1v) is 5.21. The van der Waals surface area contributed by atoms with Gasteiger partial charge in [-0.15, -0.1) is 0 Å². The molecule has 3 nitrogen and oxygen atoms in total. The van der Waals surface area contributed by atoms with Crippen LogP contribution in [0.2, 0.25) is 5.02 Å². The molecule has 0 saturated heterocycles. The van der Waals surface area contributed by atoms with Gasteiger partial charge in [-0.3, -0.25) is 4.98 Å². The summed E-state index contributed by atoms with van der Waals surface area (Å²) in [5, 5.41) is 0.710. The van der Waals surface area contributed by atoms with Crippen molar-refractivity contribution in [3.05, 3.63) is 47.7 Å². The zero-order chi connectivity index (χ0) is 11.0. The Hall–Kier alpha value is -1.87. The van der Waals surface area contributed by atoms with Crippen LogP contribution in [0.4, 0.5) is 0 Å². The van der Waals surface area contributed by atoms with E-state index in [1.165, 1.54) is 0 Å². The van der Waals surface area contributed by atoms with Crippen molar-refractivity contribution in [2.24, 2.45) is 0 Å². The minimum Gasteiger partial charge on any atom is -0.435 e. The number of aromatic nitrogens is 3. The van der Waals surface area contributed by atoms with Crippen LogP contribution in [0.3, 0.4) is 0 Å². The van der Waals surface area contributed by atoms with E-state index < -0.39 is 0 Å². The number of fused-ring (bicyclic) bond motifs is 1. The van der Waals surface area contributed by atoms with E-state index >= 15 is 0 Å². The third kappa shape index (κ3) is 1.55. The van der Waals surface area contributed by atoms with E-state index in [-0.39, 0.29) is 0 Å². The van der Waals surface area contributed by atoms with Crippen molar-refractivity contribution in [2.75, 3.05) is 0 Å². The van der Waals surface area contributed by atoms with E-state index in [2.05, 4.69) is 15.0 Å². The lowest BCUT2D eigenvalue weighted by Gasteiger charge is -2.03. The number of pyridine rings is 1. The Morgan fingerprint density at radius 1 is 1.06 bits per heavy atom. The Morgan fingerprint density at radius 2 is 1.88 bits per heavy atom. The standard InChI is InChI=1S/C12H7ClN3/c13-9-3-1-8(2-4-9)12-15-10-5-6-14-7-11(10)16-12/h1-7H/q-1. The number of hydrogen-bond donors (Lipinski definition) is 0. The Kier molecular flexibility index (Phi) is 2.11. The topological polar surface area (TPSA) is 39.9 Å². The maximum Gasteiger partial charge on any atom is 0.0406 e. The molecule has 3 aromatic rings. The molecule has 4 heteroatoms. The van der Waals surface area contributed by atoms with Crippen molar-refractivity contribution in [1.29, 1.82) is 0 Å². The van der Waals surface area contributed by atoms with Crippen LogP contribution in [-0.4, -0.2) is 9.97 Å². The first kappa shape index (κ1) is 9.36. The number of rotatable bonds is 1. The van der Waals surface area contributed by atoms with E-state index in [1.54, 1.807) is 12.4 Å². The van der Waals surface area contributed by atoms with Crippen LogP contribution >= 0.6 is 11.6 Å². The summed E-state index contributed by atoms with van der Waals surface area (Å²) < 4.78 is 0. The van der Waals surface area contributed by atoms with Crippen LogP contribution in [-0.2, 0) is 0 Å². The fraction of sp³-hybridized carbons (Fsp3) is 0. The zero-order valence-electron chi connectivity index (χ0n) is 8.26. The van der Waals surface area contributed by atoms with Gasteiger partial charge in [-0.05, 0) is 34.8 Å². The third-order valence-corrected chi connectivity index (χ3v) is 2.58. The van der Waals surface area contributed by atoms with Crippen molar-refractivity contribution in [3.8, 4) is 11.4 Å². The minimum absolute atomic E-state index is 0.708. The highest BCUT2D eigenvalue weighted by Gasteiger charge is 1.95. The van der Waals surface area contributed by atoms with Gasteiger partial charge in [0.05, 0.1) is 0 Å². The number of nitrogens with zero attached hydrogens (tertiary/aromatic N) is 3. The van der Waals surface area contributed by atoms with Crippen molar-refractivity contribution < 1.29 is 0 Å². The summed E-state index contributed by atoms with van der Waals surface area (Å²) in [7, 11) is 0. The van der Waals surface area contributed by atoms with Crippen LogP contribution in [0, 0.1) is 0 Å². The van der Waals surface area contributed by atoms with Gasteiger partial charge in [0.15, 0.2) is 0 Å². The molecule has 0 unspecified atom stereocenters. The minimum atomic E-state index is 0.708. The second-order valence-corrected chi connectivity index (χ2v) is 3.85. The Balaban J connectivity index is 2.15. The fourth-order valence-electron chi connectivity index (χ4n) is 1.54.